The predicted octanol–water partition coefficient (Wildman–Crippen LogP) is 1.12. The Morgan fingerprint density at radius 2 is 1.70 bits per heavy atom. The van der Waals surface area contributed by atoms with Gasteiger partial charge in [-0.2, -0.15) is 0 Å². The highest BCUT2D eigenvalue weighted by Gasteiger charge is 2.33. The number of amides is 2. The highest BCUT2D eigenvalue weighted by atomic mass is 16.2. The van der Waals surface area contributed by atoms with Gasteiger partial charge in [0.1, 0.15) is 0 Å². The lowest BCUT2D eigenvalue weighted by atomic mass is 10.1. The third kappa shape index (κ3) is 2.35. The molecule has 2 N–H and O–H groups in total. The van der Waals surface area contributed by atoms with Gasteiger partial charge in [-0.15, -0.1) is 0 Å². The molecule has 1 aromatic carbocycles. The molecule has 106 valence electrons. The zero-order valence-corrected chi connectivity index (χ0v) is 11.4. The largest absolute Gasteiger partial charge is 0.372 e. The molecule has 0 aliphatic carbocycles. The average Bonchev–Trinajstić information content (AvgIpc) is 3.08. The van der Waals surface area contributed by atoms with Crippen LogP contribution in [0.1, 0.15) is 19.3 Å². The van der Waals surface area contributed by atoms with E-state index in [9.17, 15) is 9.59 Å². The molecule has 0 aromatic heterocycles. The summed E-state index contributed by atoms with van der Waals surface area (Å²) >= 11 is 0. The fraction of sp³-hybridized carbons (Fsp3) is 0.467. The number of anilines is 2. The Kier molecular flexibility index (Phi) is 3.34. The van der Waals surface area contributed by atoms with Crippen LogP contribution in [-0.4, -0.2) is 31.4 Å². The number of benzene rings is 1. The monoisotopic (exact) mass is 273 g/mol. The smallest absolute Gasteiger partial charge is 0.227 e. The highest BCUT2D eigenvalue weighted by molar-refractivity contribution is 6.00. The Labute approximate surface area is 118 Å². The van der Waals surface area contributed by atoms with Crippen molar-refractivity contribution >= 4 is 23.2 Å². The van der Waals surface area contributed by atoms with E-state index in [-0.39, 0.29) is 18.2 Å². The normalized spacial score (nSPS) is 22.6. The van der Waals surface area contributed by atoms with Gasteiger partial charge in [-0.1, -0.05) is 0 Å². The Morgan fingerprint density at radius 3 is 2.25 bits per heavy atom. The molecule has 5 heteroatoms. The van der Waals surface area contributed by atoms with E-state index in [1.165, 1.54) is 18.5 Å². The minimum absolute atomic E-state index is 0.0253. The first-order valence-corrected chi connectivity index (χ1v) is 7.10. The fourth-order valence-electron chi connectivity index (χ4n) is 2.97. The molecule has 3 rings (SSSR count). The van der Waals surface area contributed by atoms with Crippen LogP contribution in [0.5, 0.6) is 0 Å². The quantitative estimate of drug-likeness (QED) is 0.897. The van der Waals surface area contributed by atoms with Crippen molar-refractivity contribution in [1.82, 2.24) is 0 Å². The third-order valence-corrected chi connectivity index (χ3v) is 4.16. The Morgan fingerprint density at radius 1 is 1.10 bits per heavy atom. The molecule has 2 aliphatic rings. The maximum absolute atomic E-state index is 11.9. The van der Waals surface area contributed by atoms with E-state index in [1.54, 1.807) is 4.90 Å². The minimum Gasteiger partial charge on any atom is -0.372 e. The van der Waals surface area contributed by atoms with E-state index < -0.39 is 5.91 Å². The van der Waals surface area contributed by atoms with Gasteiger partial charge in [-0.25, -0.2) is 0 Å². The molecule has 1 atom stereocenters. The molecule has 0 bridgehead atoms. The summed E-state index contributed by atoms with van der Waals surface area (Å²) in [5.41, 5.74) is 7.33. The molecule has 20 heavy (non-hydrogen) atoms. The van der Waals surface area contributed by atoms with Crippen molar-refractivity contribution < 1.29 is 9.59 Å². The van der Waals surface area contributed by atoms with Gasteiger partial charge < -0.3 is 15.5 Å². The van der Waals surface area contributed by atoms with E-state index in [0.717, 1.165) is 18.8 Å². The molecule has 0 spiro atoms. The van der Waals surface area contributed by atoms with Gasteiger partial charge in [-0.3, -0.25) is 9.59 Å². The van der Waals surface area contributed by atoms with Gasteiger partial charge in [0.05, 0.1) is 5.92 Å². The molecule has 2 aliphatic heterocycles. The lowest BCUT2D eigenvalue weighted by molar-refractivity contribution is -0.123. The lowest BCUT2D eigenvalue weighted by Crippen LogP contribution is -2.28. The second-order valence-corrected chi connectivity index (χ2v) is 5.52. The lowest BCUT2D eigenvalue weighted by Gasteiger charge is -2.20. The molecule has 1 aromatic rings. The summed E-state index contributed by atoms with van der Waals surface area (Å²) < 4.78 is 0. The first kappa shape index (κ1) is 13.0. The summed E-state index contributed by atoms with van der Waals surface area (Å²) in [5.74, 6) is -0.780. The first-order chi connectivity index (χ1) is 9.65. The molecular formula is C15H19N3O2. The highest BCUT2D eigenvalue weighted by Crippen LogP contribution is 2.28. The Hall–Kier alpha value is -2.04. The molecule has 2 amide bonds. The molecule has 5 nitrogen and oxygen atoms in total. The van der Waals surface area contributed by atoms with Gasteiger partial charge >= 0.3 is 0 Å². The van der Waals surface area contributed by atoms with Crippen molar-refractivity contribution in [3.8, 4) is 0 Å². The topological polar surface area (TPSA) is 66.6 Å². The zero-order chi connectivity index (χ0) is 14.1. The van der Waals surface area contributed by atoms with Crippen LogP contribution in [0.15, 0.2) is 24.3 Å². The molecule has 2 heterocycles. The molecule has 0 saturated carbocycles. The summed E-state index contributed by atoms with van der Waals surface area (Å²) in [6.07, 6.45) is 2.71. The maximum atomic E-state index is 11.9. The number of carbonyl (C=O) groups is 2. The third-order valence-electron chi connectivity index (χ3n) is 4.16. The van der Waals surface area contributed by atoms with E-state index in [0.29, 0.717) is 6.54 Å². The standard InChI is InChI=1S/C15H19N3O2/c16-15(20)11-9-14(19)18(10-11)13-5-3-12(4-6-13)17-7-1-2-8-17/h3-6,11H,1-2,7-10H2,(H2,16,20)/t11-/m1/s1. The van der Waals surface area contributed by atoms with Crippen LogP contribution in [0.25, 0.3) is 0 Å². The van der Waals surface area contributed by atoms with Gasteiger partial charge in [0, 0.05) is 37.4 Å². The molecule has 0 unspecified atom stereocenters. The number of nitrogens with two attached hydrogens (primary N) is 1. The summed E-state index contributed by atoms with van der Waals surface area (Å²) in [5, 5.41) is 0. The number of rotatable bonds is 3. The Bertz CT molecular complexity index is 520. The number of nitrogens with zero attached hydrogens (tertiary/aromatic N) is 2. The van der Waals surface area contributed by atoms with Crippen LogP contribution in [0, 0.1) is 5.92 Å². The van der Waals surface area contributed by atoms with Crippen LogP contribution in [0.3, 0.4) is 0 Å². The van der Waals surface area contributed by atoms with Crippen molar-refractivity contribution in [2.75, 3.05) is 29.4 Å². The van der Waals surface area contributed by atoms with Crippen LogP contribution in [0.4, 0.5) is 11.4 Å². The van der Waals surface area contributed by atoms with E-state index >= 15 is 0 Å². The molecular weight excluding hydrogens is 254 g/mol. The van der Waals surface area contributed by atoms with Crippen LogP contribution in [0.2, 0.25) is 0 Å². The second-order valence-electron chi connectivity index (χ2n) is 5.52. The van der Waals surface area contributed by atoms with Crippen molar-refractivity contribution in [3.05, 3.63) is 24.3 Å². The second kappa shape index (κ2) is 5.15. The van der Waals surface area contributed by atoms with E-state index in [2.05, 4.69) is 4.90 Å². The molecule has 0 radical (unpaired) electrons. The van der Waals surface area contributed by atoms with Gasteiger partial charge in [0.25, 0.3) is 0 Å². The van der Waals surface area contributed by atoms with Crippen LogP contribution < -0.4 is 15.5 Å². The van der Waals surface area contributed by atoms with Crippen molar-refractivity contribution in [2.45, 2.75) is 19.3 Å². The number of hydrogen-bond donors (Lipinski definition) is 1. The van der Waals surface area contributed by atoms with Gasteiger partial charge in [0.15, 0.2) is 0 Å². The first-order valence-electron chi connectivity index (χ1n) is 7.10. The average molecular weight is 273 g/mol. The number of primary amides is 1. The van der Waals surface area contributed by atoms with Crippen molar-refractivity contribution in [2.24, 2.45) is 11.7 Å². The van der Waals surface area contributed by atoms with Gasteiger partial charge in [-0.05, 0) is 37.1 Å². The number of hydrogen-bond acceptors (Lipinski definition) is 3. The van der Waals surface area contributed by atoms with Crippen molar-refractivity contribution in [1.29, 1.82) is 0 Å². The summed E-state index contributed by atoms with van der Waals surface area (Å²) in [6, 6.07) is 8.00. The summed E-state index contributed by atoms with van der Waals surface area (Å²) in [6.45, 7) is 2.61. The van der Waals surface area contributed by atoms with Crippen LogP contribution in [-0.2, 0) is 9.59 Å². The van der Waals surface area contributed by atoms with E-state index in [1.807, 2.05) is 24.3 Å². The van der Waals surface area contributed by atoms with Crippen LogP contribution >= 0.6 is 0 Å². The van der Waals surface area contributed by atoms with E-state index in [4.69, 9.17) is 5.73 Å². The zero-order valence-electron chi connectivity index (χ0n) is 11.4. The predicted molar refractivity (Wildman–Crippen MR) is 77.5 cm³/mol. The minimum atomic E-state index is -0.394. The number of carbonyl (C=O) groups excluding carboxylic acids is 2. The maximum Gasteiger partial charge on any atom is 0.227 e. The summed E-state index contributed by atoms with van der Waals surface area (Å²) in [7, 11) is 0. The Balaban J connectivity index is 1.74. The van der Waals surface area contributed by atoms with Crippen molar-refractivity contribution in [3.63, 3.8) is 0 Å². The molecule has 2 saturated heterocycles. The SMILES string of the molecule is NC(=O)[C@@H]1CC(=O)N(c2ccc(N3CCCC3)cc2)C1. The van der Waals surface area contributed by atoms with Gasteiger partial charge in [0.2, 0.25) is 11.8 Å². The fourth-order valence-corrected chi connectivity index (χ4v) is 2.97. The summed E-state index contributed by atoms with van der Waals surface area (Å²) in [4.78, 5) is 27.1. The molecule has 2 fully saturated rings.